The van der Waals surface area contributed by atoms with Gasteiger partial charge < -0.3 is 15.5 Å². The second-order valence-corrected chi connectivity index (χ2v) is 6.34. The van der Waals surface area contributed by atoms with Crippen molar-refractivity contribution in [2.45, 2.75) is 40.5 Å². The minimum absolute atomic E-state index is 0.00525. The molecule has 4 nitrogen and oxygen atoms in total. The van der Waals surface area contributed by atoms with Crippen molar-refractivity contribution < 1.29 is 4.79 Å². The summed E-state index contributed by atoms with van der Waals surface area (Å²) in [7, 11) is 0. The third-order valence-corrected chi connectivity index (χ3v) is 4.71. The Morgan fingerprint density at radius 1 is 1.25 bits per heavy atom. The van der Waals surface area contributed by atoms with Gasteiger partial charge in [-0.2, -0.15) is 0 Å². The van der Waals surface area contributed by atoms with E-state index in [4.69, 9.17) is 5.73 Å². The SMILES string of the molecule is CCN(CC)CC1CCN(C(=O)C(CN)C(C)C)CC1. The lowest BCUT2D eigenvalue weighted by molar-refractivity contribution is -0.138. The summed E-state index contributed by atoms with van der Waals surface area (Å²) in [5.74, 6) is 1.34. The van der Waals surface area contributed by atoms with Crippen molar-refractivity contribution in [2.75, 3.05) is 39.3 Å². The molecule has 1 amide bonds. The van der Waals surface area contributed by atoms with Gasteiger partial charge in [0.25, 0.3) is 0 Å². The van der Waals surface area contributed by atoms with Gasteiger partial charge in [-0.1, -0.05) is 27.7 Å². The van der Waals surface area contributed by atoms with Crippen LogP contribution >= 0.6 is 0 Å². The van der Waals surface area contributed by atoms with Crippen LogP contribution in [0.5, 0.6) is 0 Å². The van der Waals surface area contributed by atoms with Crippen LogP contribution in [0.2, 0.25) is 0 Å². The molecular formula is C16H33N3O. The molecule has 1 rings (SSSR count). The molecule has 1 saturated heterocycles. The Bertz CT molecular complexity index is 281. The van der Waals surface area contributed by atoms with Crippen molar-refractivity contribution in [3.8, 4) is 0 Å². The van der Waals surface area contributed by atoms with Gasteiger partial charge in [0.2, 0.25) is 5.91 Å². The molecule has 0 spiro atoms. The van der Waals surface area contributed by atoms with Crippen LogP contribution in [-0.2, 0) is 4.79 Å². The van der Waals surface area contributed by atoms with E-state index in [1.807, 2.05) is 4.90 Å². The molecule has 0 bridgehead atoms. The van der Waals surface area contributed by atoms with E-state index in [2.05, 4.69) is 32.6 Å². The highest BCUT2D eigenvalue weighted by molar-refractivity contribution is 5.79. The van der Waals surface area contributed by atoms with Crippen LogP contribution < -0.4 is 5.73 Å². The quantitative estimate of drug-likeness (QED) is 0.775. The predicted octanol–water partition coefficient (Wildman–Crippen LogP) is 1.80. The summed E-state index contributed by atoms with van der Waals surface area (Å²) in [5.41, 5.74) is 5.76. The minimum atomic E-state index is -0.00525. The zero-order valence-corrected chi connectivity index (χ0v) is 13.8. The molecule has 2 N–H and O–H groups in total. The third kappa shape index (κ3) is 4.74. The highest BCUT2D eigenvalue weighted by Gasteiger charge is 2.29. The van der Waals surface area contributed by atoms with Crippen LogP contribution in [0.4, 0.5) is 0 Å². The lowest BCUT2D eigenvalue weighted by Crippen LogP contribution is -2.46. The summed E-state index contributed by atoms with van der Waals surface area (Å²) >= 11 is 0. The van der Waals surface area contributed by atoms with Crippen LogP contribution in [0.25, 0.3) is 0 Å². The van der Waals surface area contributed by atoms with Gasteiger partial charge in [0.1, 0.15) is 0 Å². The molecule has 1 unspecified atom stereocenters. The Morgan fingerprint density at radius 3 is 2.20 bits per heavy atom. The molecule has 1 aliphatic rings. The predicted molar refractivity (Wildman–Crippen MR) is 84.5 cm³/mol. The lowest BCUT2D eigenvalue weighted by Gasteiger charge is -2.36. The van der Waals surface area contributed by atoms with Crippen LogP contribution in [0.15, 0.2) is 0 Å². The maximum Gasteiger partial charge on any atom is 0.227 e. The first-order valence-electron chi connectivity index (χ1n) is 8.24. The smallest absolute Gasteiger partial charge is 0.227 e. The lowest BCUT2D eigenvalue weighted by atomic mass is 9.91. The summed E-state index contributed by atoms with van der Waals surface area (Å²) in [5, 5.41) is 0. The molecule has 1 fully saturated rings. The summed E-state index contributed by atoms with van der Waals surface area (Å²) in [6.07, 6.45) is 2.27. The monoisotopic (exact) mass is 283 g/mol. The van der Waals surface area contributed by atoms with Crippen molar-refractivity contribution in [1.29, 1.82) is 0 Å². The molecule has 0 aliphatic carbocycles. The largest absolute Gasteiger partial charge is 0.342 e. The van der Waals surface area contributed by atoms with Gasteiger partial charge in [0, 0.05) is 26.2 Å². The highest BCUT2D eigenvalue weighted by atomic mass is 16.2. The van der Waals surface area contributed by atoms with Crippen molar-refractivity contribution in [2.24, 2.45) is 23.5 Å². The van der Waals surface area contributed by atoms with E-state index in [1.54, 1.807) is 0 Å². The Labute approximate surface area is 124 Å². The number of carbonyl (C=O) groups excluding carboxylic acids is 1. The molecule has 1 atom stereocenters. The van der Waals surface area contributed by atoms with E-state index in [1.165, 1.54) is 6.54 Å². The summed E-state index contributed by atoms with van der Waals surface area (Å²) < 4.78 is 0. The van der Waals surface area contributed by atoms with Gasteiger partial charge in [-0.15, -0.1) is 0 Å². The van der Waals surface area contributed by atoms with E-state index in [0.29, 0.717) is 12.5 Å². The highest BCUT2D eigenvalue weighted by Crippen LogP contribution is 2.21. The van der Waals surface area contributed by atoms with Crippen LogP contribution in [-0.4, -0.2) is 55.0 Å². The first-order chi connectivity index (χ1) is 9.53. The van der Waals surface area contributed by atoms with E-state index < -0.39 is 0 Å². The van der Waals surface area contributed by atoms with Crippen molar-refractivity contribution in [3.63, 3.8) is 0 Å². The first kappa shape index (κ1) is 17.4. The molecule has 4 heteroatoms. The van der Waals surface area contributed by atoms with Crippen LogP contribution in [0.1, 0.15) is 40.5 Å². The van der Waals surface area contributed by atoms with E-state index in [0.717, 1.165) is 44.9 Å². The topological polar surface area (TPSA) is 49.6 Å². The normalized spacial score (nSPS) is 18.9. The number of likely N-dealkylation sites (tertiary alicyclic amines) is 1. The number of rotatable bonds is 7. The molecule has 20 heavy (non-hydrogen) atoms. The number of piperidine rings is 1. The van der Waals surface area contributed by atoms with Gasteiger partial charge in [-0.25, -0.2) is 0 Å². The fourth-order valence-electron chi connectivity index (χ4n) is 3.08. The number of nitrogens with two attached hydrogens (primary N) is 1. The molecule has 0 aromatic rings. The molecular weight excluding hydrogens is 250 g/mol. The average molecular weight is 283 g/mol. The molecule has 0 radical (unpaired) electrons. The van der Waals surface area contributed by atoms with Crippen molar-refractivity contribution >= 4 is 5.91 Å². The molecule has 1 heterocycles. The second kappa shape index (κ2) is 8.63. The van der Waals surface area contributed by atoms with Gasteiger partial charge in [-0.3, -0.25) is 4.79 Å². The maximum absolute atomic E-state index is 12.4. The zero-order chi connectivity index (χ0) is 15.1. The van der Waals surface area contributed by atoms with Gasteiger partial charge in [-0.05, 0) is 37.8 Å². The van der Waals surface area contributed by atoms with Crippen LogP contribution in [0.3, 0.4) is 0 Å². The van der Waals surface area contributed by atoms with Crippen molar-refractivity contribution in [1.82, 2.24) is 9.80 Å². The summed E-state index contributed by atoms with van der Waals surface area (Å²) in [4.78, 5) is 17.0. The fourth-order valence-corrected chi connectivity index (χ4v) is 3.08. The second-order valence-electron chi connectivity index (χ2n) is 6.34. The van der Waals surface area contributed by atoms with E-state index >= 15 is 0 Å². The average Bonchev–Trinajstić information content (AvgIpc) is 2.45. The number of carbonyl (C=O) groups is 1. The van der Waals surface area contributed by atoms with Gasteiger partial charge >= 0.3 is 0 Å². The van der Waals surface area contributed by atoms with Crippen LogP contribution in [0, 0.1) is 17.8 Å². The standard InChI is InChI=1S/C16H33N3O/c1-5-18(6-2)12-14-7-9-19(10-8-14)16(20)15(11-17)13(3)4/h13-15H,5-12,17H2,1-4H3. The molecule has 1 aliphatic heterocycles. The van der Waals surface area contributed by atoms with Gasteiger partial charge in [0.15, 0.2) is 0 Å². The summed E-state index contributed by atoms with van der Waals surface area (Å²) in [6.45, 7) is 14.3. The minimum Gasteiger partial charge on any atom is -0.342 e. The molecule has 0 aromatic carbocycles. The third-order valence-electron chi connectivity index (χ3n) is 4.71. The number of hydrogen-bond donors (Lipinski definition) is 1. The first-order valence-corrected chi connectivity index (χ1v) is 8.24. The Kier molecular flexibility index (Phi) is 7.52. The number of amides is 1. The molecule has 0 aromatic heterocycles. The fraction of sp³-hybridized carbons (Fsp3) is 0.938. The van der Waals surface area contributed by atoms with E-state index in [9.17, 15) is 4.79 Å². The number of nitrogens with zero attached hydrogens (tertiary/aromatic N) is 2. The Morgan fingerprint density at radius 2 is 1.80 bits per heavy atom. The zero-order valence-electron chi connectivity index (χ0n) is 13.8. The van der Waals surface area contributed by atoms with Crippen molar-refractivity contribution in [3.05, 3.63) is 0 Å². The number of hydrogen-bond acceptors (Lipinski definition) is 3. The van der Waals surface area contributed by atoms with E-state index in [-0.39, 0.29) is 11.8 Å². The molecule has 0 saturated carbocycles. The molecule has 118 valence electrons. The summed E-state index contributed by atoms with van der Waals surface area (Å²) in [6, 6.07) is 0. The maximum atomic E-state index is 12.4. The Hall–Kier alpha value is -0.610. The van der Waals surface area contributed by atoms with Gasteiger partial charge in [0.05, 0.1) is 5.92 Å². The Balaban J connectivity index is 2.43.